The van der Waals surface area contributed by atoms with Gasteiger partial charge in [0.25, 0.3) is 0 Å². The average molecular weight is 216 g/mol. The Morgan fingerprint density at radius 2 is 2.07 bits per heavy atom. The number of carbonyl (C=O) groups is 1. The van der Waals surface area contributed by atoms with Gasteiger partial charge in [0.2, 0.25) is 5.91 Å². The summed E-state index contributed by atoms with van der Waals surface area (Å²) in [5, 5.41) is 2.93. The first-order chi connectivity index (χ1) is 7.08. The molecule has 0 heterocycles. The van der Waals surface area contributed by atoms with E-state index < -0.39 is 0 Å². The van der Waals surface area contributed by atoms with Gasteiger partial charge in [-0.1, -0.05) is 13.8 Å². The van der Waals surface area contributed by atoms with E-state index in [0.29, 0.717) is 19.6 Å². The first-order valence-corrected chi connectivity index (χ1v) is 5.66. The van der Waals surface area contributed by atoms with Crippen LogP contribution in [0.1, 0.15) is 40.0 Å². The molecule has 90 valence electrons. The summed E-state index contributed by atoms with van der Waals surface area (Å²) >= 11 is 0. The molecule has 0 spiro atoms. The number of nitrogens with one attached hydrogen (secondary N) is 1. The number of hydrogen-bond acceptors (Lipinski definition) is 3. The summed E-state index contributed by atoms with van der Waals surface area (Å²) in [6.45, 7) is 7.69. The van der Waals surface area contributed by atoms with Crippen molar-refractivity contribution >= 4 is 5.91 Å². The monoisotopic (exact) mass is 216 g/mol. The van der Waals surface area contributed by atoms with Gasteiger partial charge in [0.05, 0.1) is 6.61 Å². The number of nitrogens with two attached hydrogens (primary N) is 1. The van der Waals surface area contributed by atoms with Gasteiger partial charge in [0.1, 0.15) is 0 Å². The lowest BCUT2D eigenvalue weighted by atomic mass is 9.99. The fourth-order valence-corrected chi connectivity index (χ4v) is 1.09. The quantitative estimate of drug-likeness (QED) is 0.596. The maximum Gasteiger partial charge on any atom is 0.222 e. The molecule has 0 bridgehead atoms. The smallest absolute Gasteiger partial charge is 0.222 e. The lowest BCUT2D eigenvalue weighted by Gasteiger charge is -2.27. The molecule has 0 rings (SSSR count). The molecule has 0 radical (unpaired) electrons. The Kier molecular flexibility index (Phi) is 7.34. The first kappa shape index (κ1) is 14.4. The van der Waals surface area contributed by atoms with Crippen LogP contribution < -0.4 is 11.1 Å². The molecule has 0 aromatic heterocycles. The van der Waals surface area contributed by atoms with E-state index in [9.17, 15) is 4.79 Å². The van der Waals surface area contributed by atoms with Gasteiger partial charge in [-0.2, -0.15) is 0 Å². The Hall–Kier alpha value is -0.610. The molecule has 15 heavy (non-hydrogen) atoms. The summed E-state index contributed by atoms with van der Waals surface area (Å²) in [6.07, 6.45) is 2.23. The highest BCUT2D eigenvalue weighted by Crippen LogP contribution is 2.06. The fourth-order valence-electron chi connectivity index (χ4n) is 1.09. The molecule has 0 saturated carbocycles. The molecule has 0 aliphatic heterocycles. The van der Waals surface area contributed by atoms with Crippen LogP contribution in [-0.4, -0.2) is 31.2 Å². The average Bonchev–Trinajstić information content (AvgIpc) is 2.24. The third kappa shape index (κ3) is 6.47. The highest BCUT2D eigenvalue weighted by Gasteiger charge is 2.21. The van der Waals surface area contributed by atoms with Crippen molar-refractivity contribution in [3.8, 4) is 0 Å². The van der Waals surface area contributed by atoms with Crippen LogP contribution in [0.15, 0.2) is 0 Å². The predicted molar refractivity (Wildman–Crippen MR) is 61.6 cm³/mol. The third-order valence-electron chi connectivity index (χ3n) is 2.49. The van der Waals surface area contributed by atoms with Gasteiger partial charge >= 0.3 is 0 Å². The molecule has 0 aliphatic rings. The zero-order valence-electron chi connectivity index (χ0n) is 10.1. The Balaban J connectivity index is 3.72. The summed E-state index contributed by atoms with van der Waals surface area (Å²) in [4.78, 5) is 11.5. The predicted octanol–water partition coefficient (Wildman–Crippen LogP) is 1.05. The topological polar surface area (TPSA) is 64.3 Å². The van der Waals surface area contributed by atoms with Crippen LogP contribution in [0.2, 0.25) is 0 Å². The van der Waals surface area contributed by atoms with Crippen molar-refractivity contribution in [3.63, 3.8) is 0 Å². The summed E-state index contributed by atoms with van der Waals surface area (Å²) in [7, 11) is 0. The van der Waals surface area contributed by atoms with Gasteiger partial charge in [0.15, 0.2) is 0 Å². The fraction of sp³-hybridized carbons (Fsp3) is 0.909. The van der Waals surface area contributed by atoms with Crippen LogP contribution in [0.5, 0.6) is 0 Å². The Labute approximate surface area is 92.6 Å². The van der Waals surface area contributed by atoms with Crippen molar-refractivity contribution in [1.82, 2.24) is 5.32 Å². The molecule has 1 atom stereocenters. The Morgan fingerprint density at radius 3 is 2.53 bits per heavy atom. The summed E-state index contributed by atoms with van der Waals surface area (Å²) in [6, 6.07) is 0. The summed E-state index contributed by atoms with van der Waals surface area (Å²) in [5.41, 5.74) is 5.32. The minimum Gasteiger partial charge on any atom is -0.381 e. The zero-order chi connectivity index (χ0) is 11.7. The number of carbonyl (C=O) groups excluding carboxylic acids is 1. The number of rotatable bonds is 8. The first-order valence-electron chi connectivity index (χ1n) is 5.66. The number of ether oxygens (including phenoxy) is 1. The highest BCUT2D eigenvalue weighted by atomic mass is 16.5. The van der Waals surface area contributed by atoms with Crippen LogP contribution in [0, 0.1) is 0 Å². The second-order valence-corrected chi connectivity index (χ2v) is 4.03. The van der Waals surface area contributed by atoms with E-state index in [2.05, 4.69) is 5.32 Å². The molecular weight excluding hydrogens is 192 g/mol. The maximum atomic E-state index is 11.5. The van der Waals surface area contributed by atoms with Gasteiger partial charge < -0.3 is 15.8 Å². The molecule has 4 heteroatoms. The largest absolute Gasteiger partial charge is 0.381 e. The van der Waals surface area contributed by atoms with Gasteiger partial charge in [-0.25, -0.2) is 0 Å². The van der Waals surface area contributed by atoms with Crippen molar-refractivity contribution in [1.29, 1.82) is 0 Å². The Bertz CT molecular complexity index is 179. The van der Waals surface area contributed by atoms with Crippen molar-refractivity contribution in [2.24, 2.45) is 5.73 Å². The van der Waals surface area contributed by atoms with E-state index in [-0.39, 0.29) is 11.4 Å². The van der Waals surface area contributed by atoms with Crippen LogP contribution in [0.3, 0.4) is 0 Å². The molecule has 3 N–H and O–H groups in total. The molecule has 4 nitrogen and oxygen atoms in total. The molecule has 0 fully saturated rings. The molecular formula is C11H24N2O2. The van der Waals surface area contributed by atoms with Crippen LogP contribution in [-0.2, 0) is 9.53 Å². The molecule has 0 saturated heterocycles. The molecule has 1 amide bonds. The molecule has 0 aromatic rings. The highest BCUT2D eigenvalue weighted by molar-refractivity contribution is 5.76. The van der Waals surface area contributed by atoms with Crippen LogP contribution >= 0.6 is 0 Å². The lowest BCUT2D eigenvalue weighted by Crippen LogP contribution is -2.51. The van der Waals surface area contributed by atoms with Crippen LogP contribution in [0.25, 0.3) is 0 Å². The van der Waals surface area contributed by atoms with Gasteiger partial charge in [-0.05, 0) is 19.8 Å². The van der Waals surface area contributed by atoms with Gasteiger partial charge in [0, 0.05) is 25.1 Å². The van der Waals surface area contributed by atoms with Crippen molar-refractivity contribution in [2.45, 2.75) is 45.6 Å². The zero-order valence-corrected chi connectivity index (χ0v) is 10.1. The van der Waals surface area contributed by atoms with E-state index in [1.807, 2.05) is 20.8 Å². The van der Waals surface area contributed by atoms with E-state index in [1.165, 1.54) is 0 Å². The molecule has 0 aromatic carbocycles. The second kappa shape index (κ2) is 7.65. The minimum atomic E-state index is -0.276. The molecule has 0 aliphatic carbocycles. The second-order valence-electron chi connectivity index (χ2n) is 4.03. The lowest BCUT2D eigenvalue weighted by molar-refractivity contribution is -0.123. The standard InChI is InChI=1S/C11H24N2O2/c1-4-7-15-8-6-10(14)13-11(3,5-2)9-12/h4-9,12H2,1-3H3,(H,13,14). The van der Waals surface area contributed by atoms with Crippen LogP contribution in [0.4, 0.5) is 0 Å². The van der Waals surface area contributed by atoms with E-state index in [1.54, 1.807) is 0 Å². The summed E-state index contributed by atoms with van der Waals surface area (Å²) in [5.74, 6) is 0.0147. The van der Waals surface area contributed by atoms with E-state index >= 15 is 0 Å². The molecule has 1 unspecified atom stereocenters. The van der Waals surface area contributed by atoms with Crippen molar-refractivity contribution < 1.29 is 9.53 Å². The van der Waals surface area contributed by atoms with Gasteiger partial charge in [-0.15, -0.1) is 0 Å². The van der Waals surface area contributed by atoms with Crippen molar-refractivity contribution in [2.75, 3.05) is 19.8 Å². The Morgan fingerprint density at radius 1 is 1.40 bits per heavy atom. The maximum absolute atomic E-state index is 11.5. The SMILES string of the molecule is CCCOCCC(=O)NC(C)(CC)CN. The normalized spacial score (nSPS) is 14.7. The van der Waals surface area contributed by atoms with Gasteiger partial charge in [-0.3, -0.25) is 4.79 Å². The van der Waals surface area contributed by atoms with E-state index in [4.69, 9.17) is 10.5 Å². The minimum absolute atomic E-state index is 0.0147. The summed E-state index contributed by atoms with van der Waals surface area (Å²) < 4.78 is 5.24. The van der Waals surface area contributed by atoms with E-state index in [0.717, 1.165) is 19.4 Å². The number of amides is 1. The number of hydrogen-bond donors (Lipinski definition) is 2. The third-order valence-corrected chi connectivity index (χ3v) is 2.49. The van der Waals surface area contributed by atoms with Crippen molar-refractivity contribution in [3.05, 3.63) is 0 Å².